The minimum Gasteiger partial charge on any atom is -0.341 e. The van der Waals surface area contributed by atoms with E-state index in [4.69, 9.17) is 5.73 Å². The van der Waals surface area contributed by atoms with E-state index in [-0.39, 0.29) is 29.3 Å². The molecule has 7 nitrogen and oxygen atoms in total. The first-order valence-electron chi connectivity index (χ1n) is 7.92. The van der Waals surface area contributed by atoms with Crippen LogP contribution in [0.2, 0.25) is 0 Å². The molecule has 138 valence electrons. The summed E-state index contributed by atoms with van der Waals surface area (Å²) in [5, 5.41) is 0.387. The van der Waals surface area contributed by atoms with Crippen molar-refractivity contribution in [3.63, 3.8) is 0 Å². The van der Waals surface area contributed by atoms with Crippen molar-refractivity contribution in [3.8, 4) is 0 Å². The zero-order chi connectivity index (χ0) is 18.1. The van der Waals surface area contributed by atoms with Gasteiger partial charge in [0.05, 0.1) is 10.9 Å². The number of carbonyl (C=O) groups excluding carboxylic acids is 1. The lowest BCUT2D eigenvalue weighted by molar-refractivity contribution is 0.0740. The number of H-pyrrole nitrogens is 1. The first-order valence-corrected chi connectivity index (χ1v) is 7.92. The van der Waals surface area contributed by atoms with Crippen LogP contribution in [0.15, 0.2) is 27.8 Å². The number of hydrogen-bond donors (Lipinski definition) is 2. The van der Waals surface area contributed by atoms with E-state index in [1.54, 1.807) is 37.1 Å². The van der Waals surface area contributed by atoms with Crippen molar-refractivity contribution in [2.75, 3.05) is 20.1 Å². The van der Waals surface area contributed by atoms with Gasteiger partial charge in [0.15, 0.2) is 0 Å². The summed E-state index contributed by atoms with van der Waals surface area (Å²) >= 11 is 0. The van der Waals surface area contributed by atoms with E-state index in [9.17, 15) is 14.4 Å². The number of fused-ring (bicyclic) bond motifs is 1. The van der Waals surface area contributed by atoms with Crippen molar-refractivity contribution in [2.24, 2.45) is 11.1 Å². The van der Waals surface area contributed by atoms with Crippen LogP contribution in [0.1, 0.15) is 31.1 Å². The number of nitrogens with one attached hydrogen (secondary N) is 1. The molecule has 25 heavy (non-hydrogen) atoms. The van der Waals surface area contributed by atoms with Gasteiger partial charge in [-0.3, -0.25) is 14.2 Å². The molecule has 0 unspecified atom stereocenters. The minimum absolute atomic E-state index is 0. The second-order valence-electron chi connectivity index (χ2n) is 6.77. The van der Waals surface area contributed by atoms with Crippen molar-refractivity contribution >= 4 is 29.2 Å². The third-order valence-electron chi connectivity index (χ3n) is 4.11. The van der Waals surface area contributed by atoms with E-state index in [0.717, 1.165) is 4.57 Å². The number of aromatic amines is 1. The molecule has 2 aromatic rings. The molecule has 8 heteroatoms. The molecule has 0 radical (unpaired) electrons. The Morgan fingerprint density at radius 1 is 1.32 bits per heavy atom. The number of halogens is 1. The summed E-state index contributed by atoms with van der Waals surface area (Å²) in [6.45, 7) is 6.97. The van der Waals surface area contributed by atoms with E-state index in [0.29, 0.717) is 36.1 Å². The van der Waals surface area contributed by atoms with E-state index in [1.165, 1.54) is 0 Å². The summed E-state index contributed by atoms with van der Waals surface area (Å²) < 4.78 is 1.12. The summed E-state index contributed by atoms with van der Waals surface area (Å²) in [6.07, 6.45) is 0. The molecule has 0 saturated carbocycles. The SMILES string of the molecule is CCn1c(=O)[nH]c2cc(C(=O)N(C)CC(C)(C)CN)ccc2c1=O.Cl. The molecule has 1 heterocycles. The van der Waals surface area contributed by atoms with Crippen LogP contribution in [0.25, 0.3) is 10.9 Å². The molecule has 0 aliphatic rings. The molecule has 1 aromatic heterocycles. The summed E-state index contributed by atoms with van der Waals surface area (Å²) in [5.41, 5.74) is 5.48. The number of rotatable bonds is 5. The highest BCUT2D eigenvalue weighted by molar-refractivity contribution is 5.97. The highest BCUT2D eigenvalue weighted by atomic mass is 35.5. The Bertz CT molecular complexity index is 886. The number of hydrogen-bond acceptors (Lipinski definition) is 4. The zero-order valence-electron chi connectivity index (χ0n) is 15.0. The Morgan fingerprint density at radius 3 is 2.52 bits per heavy atom. The molecule has 0 bridgehead atoms. The fourth-order valence-electron chi connectivity index (χ4n) is 2.67. The quantitative estimate of drug-likeness (QED) is 0.827. The Balaban J connectivity index is 0.00000312. The summed E-state index contributed by atoms with van der Waals surface area (Å²) in [4.78, 5) is 41.0. The number of benzene rings is 1. The second kappa shape index (κ2) is 7.84. The predicted molar refractivity (Wildman–Crippen MR) is 102 cm³/mol. The smallest absolute Gasteiger partial charge is 0.328 e. The number of nitrogens with two attached hydrogens (primary N) is 1. The van der Waals surface area contributed by atoms with Gasteiger partial charge in [0, 0.05) is 25.7 Å². The van der Waals surface area contributed by atoms with Crippen LogP contribution in [-0.4, -0.2) is 40.5 Å². The van der Waals surface area contributed by atoms with Gasteiger partial charge in [-0.25, -0.2) is 4.79 Å². The van der Waals surface area contributed by atoms with Crippen molar-refractivity contribution in [1.82, 2.24) is 14.5 Å². The molecule has 0 spiro atoms. The normalized spacial score (nSPS) is 11.2. The van der Waals surface area contributed by atoms with Gasteiger partial charge in [0.2, 0.25) is 0 Å². The molecule has 0 aliphatic carbocycles. The highest BCUT2D eigenvalue weighted by Gasteiger charge is 2.22. The number of amides is 1. The van der Waals surface area contributed by atoms with Crippen LogP contribution >= 0.6 is 12.4 Å². The zero-order valence-corrected chi connectivity index (χ0v) is 15.8. The number of carbonyl (C=O) groups is 1. The van der Waals surface area contributed by atoms with Gasteiger partial charge in [-0.15, -0.1) is 12.4 Å². The van der Waals surface area contributed by atoms with E-state index < -0.39 is 5.69 Å². The topological polar surface area (TPSA) is 101 Å². The van der Waals surface area contributed by atoms with Crippen molar-refractivity contribution < 1.29 is 4.79 Å². The molecule has 1 aromatic carbocycles. The van der Waals surface area contributed by atoms with Crippen LogP contribution in [0.5, 0.6) is 0 Å². The maximum absolute atomic E-state index is 12.6. The van der Waals surface area contributed by atoms with Crippen molar-refractivity contribution in [3.05, 3.63) is 44.6 Å². The maximum atomic E-state index is 12.6. The Hall–Kier alpha value is -2.12. The van der Waals surface area contributed by atoms with Crippen molar-refractivity contribution in [1.29, 1.82) is 0 Å². The van der Waals surface area contributed by atoms with Crippen LogP contribution in [0, 0.1) is 5.41 Å². The Labute approximate surface area is 152 Å². The van der Waals surface area contributed by atoms with Crippen LogP contribution in [-0.2, 0) is 6.54 Å². The van der Waals surface area contributed by atoms with Gasteiger partial charge in [-0.2, -0.15) is 0 Å². The van der Waals surface area contributed by atoms with E-state index >= 15 is 0 Å². The minimum atomic E-state index is -0.475. The molecule has 3 N–H and O–H groups in total. The van der Waals surface area contributed by atoms with Gasteiger partial charge in [-0.05, 0) is 37.1 Å². The Kier molecular flexibility index (Phi) is 6.56. The first kappa shape index (κ1) is 20.9. The van der Waals surface area contributed by atoms with Crippen LogP contribution in [0.3, 0.4) is 0 Å². The fourth-order valence-corrected chi connectivity index (χ4v) is 2.67. The van der Waals surface area contributed by atoms with Gasteiger partial charge < -0.3 is 15.6 Å². The lowest BCUT2D eigenvalue weighted by atomic mass is 9.93. The predicted octanol–water partition coefficient (Wildman–Crippen LogP) is 1.19. The molecule has 0 aliphatic heterocycles. The van der Waals surface area contributed by atoms with Gasteiger partial charge in [0.1, 0.15) is 0 Å². The molecular formula is C17H25ClN4O3. The average molecular weight is 369 g/mol. The Morgan fingerprint density at radius 2 is 1.96 bits per heavy atom. The molecule has 0 atom stereocenters. The van der Waals surface area contributed by atoms with Gasteiger partial charge in [0.25, 0.3) is 11.5 Å². The lowest BCUT2D eigenvalue weighted by Gasteiger charge is -2.29. The van der Waals surface area contributed by atoms with Gasteiger partial charge >= 0.3 is 5.69 Å². The molecular weight excluding hydrogens is 344 g/mol. The third kappa shape index (κ3) is 4.29. The molecule has 1 amide bonds. The van der Waals surface area contributed by atoms with Crippen LogP contribution in [0.4, 0.5) is 0 Å². The third-order valence-corrected chi connectivity index (χ3v) is 4.11. The van der Waals surface area contributed by atoms with Gasteiger partial charge in [-0.1, -0.05) is 13.8 Å². The number of aromatic nitrogens is 2. The summed E-state index contributed by atoms with van der Waals surface area (Å²) in [6, 6.07) is 4.73. The second-order valence-corrected chi connectivity index (χ2v) is 6.77. The maximum Gasteiger partial charge on any atom is 0.328 e. The molecule has 0 fully saturated rings. The lowest BCUT2D eigenvalue weighted by Crippen LogP contribution is -2.39. The standard InChI is InChI=1S/C17H24N4O3.ClH/c1-5-21-15(23)12-7-6-11(8-13(12)19-16(21)24)14(22)20(4)10-17(2,3)9-18;/h6-8H,5,9-10,18H2,1-4H3,(H,19,24);1H. The first-order chi connectivity index (χ1) is 11.2. The summed E-state index contributed by atoms with van der Waals surface area (Å²) in [7, 11) is 1.71. The van der Waals surface area contributed by atoms with Crippen molar-refractivity contribution in [2.45, 2.75) is 27.3 Å². The largest absolute Gasteiger partial charge is 0.341 e. The van der Waals surface area contributed by atoms with Crippen LogP contribution < -0.4 is 17.0 Å². The highest BCUT2D eigenvalue weighted by Crippen LogP contribution is 2.17. The molecule has 2 rings (SSSR count). The monoisotopic (exact) mass is 368 g/mol. The number of nitrogens with zero attached hydrogens (tertiary/aromatic N) is 2. The van der Waals surface area contributed by atoms with E-state index in [1.807, 2.05) is 13.8 Å². The molecule has 0 saturated heterocycles. The summed E-state index contributed by atoms with van der Waals surface area (Å²) in [5.74, 6) is -0.182. The average Bonchev–Trinajstić information content (AvgIpc) is 2.53. The van der Waals surface area contributed by atoms with E-state index in [2.05, 4.69) is 4.98 Å². The fraction of sp³-hybridized carbons (Fsp3) is 0.471.